The number of carbonyl (C=O) groups is 1. The average molecular weight is 242 g/mol. The van der Waals surface area contributed by atoms with Crippen molar-refractivity contribution in [3.8, 4) is 0 Å². The molecule has 2 nitrogen and oxygen atoms in total. The van der Waals surface area contributed by atoms with E-state index in [9.17, 15) is 4.79 Å². The van der Waals surface area contributed by atoms with Crippen molar-refractivity contribution in [1.29, 1.82) is 0 Å². The first-order valence-electron chi connectivity index (χ1n) is 6.20. The molecule has 0 radical (unpaired) electrons. The average Bonchev–Trinajstić information content (AvgIpc) is 2.28. The molecule has 92 valence electrons. The first kappa shape index (κ1) is 12.3. The lowest BCUT2D eigenvalue weighted by molar-refractivity contribution is -0.137. The molecule has 3 fully saturated rings. The summed E-state index contributed by atoms with van der Waals surface area (Å²) < 4.78 is 4.66. The maximum absolute atomic E-state index is 11.0. The third-order valence-electron chi connectivity index (χ3n) is 4.78. The summed E-state index contributed by atoms with van der Waals surface area (Å²) in [6.45, 7) is 4.84. The van der Waals surface area contributed by atoms with Crippen molar-refractivity contribution in [3.05, 3.63) is 0 Å². The Balaban J connectivity index is 1.76. The van der Waals surface area contributed by atoms with Crippen molar-refractivity contribution in [2.24, 2.45) is 23.2 Å². The number of fused-ring (bicyclic) bond motifs is 2. The van der Waals surface area contributed by atoms with Crippen molar-refractivity contribution >= 4 is 17.7 Å². The van der Waals surface area contributed by atoms with E-state index in [1.807, 2.05) is 0 Å². The van der Waals surface area contributed by atoms with Crippen molar-refractivity contribution in [1.82, 2.24) is 0 Å². The van der Waals surface area contributed by atoms with Crippen molar-refractivity contribution in [3.63, 3.8) is 0 Å². The molecule has 3 saturated carbocycles. The fourth-order valence-electron chi connectivity index (χ4n) is 3.51. The highest BCUT2D eigenvalue weighted by Crippen LogP contribution is 2.61. The highest BCUT2D eigenvalue weighted by molar-refractivity contribution is 7.99. The van der Waals surface area contributed by atoms with Gasteiger partial charge in [0.05, 0.1) is 12.9 Å². The van der Waals surface area contributed by atoms with Crippen LogP contribution in [0.25, 0.3) is 0 Å². The van der Waals surface area contributed by atoms with Gasteiger partial charge in [-0.05, 0) is 48.2 Å². The zero-order valence-electron chi connectivity index (χ0n) is 10.5. The molecule has 0 saturated heterocycles. The second-order valence-electron chi connectivity index (χ2n) is 5.79. The van der Waals surface area contributed by atoms with Crippen LogP contribution in [-0.2, 0) is 9.53 Å². The summed E-state index contributed by atoms with van der Waals surface area (Å²) in [6.07, 6.45) is 4.19. The van der Waals surface area contributed by atoms with Gasteiger partial charge in [0.1, 0.15) is 0 Å². The van der Waals surface area contributed by atoms with Gasteiger partial charge in [0.15, 0.2) is 0 Å². The molecule has 0 aromatic carbocycles. The Kier molecular flexibility index (Phi) is 3.53. The largest absolute Gasteiger partial charge is 0.468 e. The van der Waals surface area contributed by atoms with E-state index in [4.69, 9.17) is 0 Å². The number of hydrogen-bond donors (Lipinski definition) is 0. The molecule has 16 heavy (non-hydrogen) atoms. The van der Waals surface area contributed by atoms with Crippen LogP contribution in [-0.4, -0.2) is 24.6 Å². The minimum absolute atomic E-state index is 0.0912. The van der Waals surface area contributed by atoms with Crippen LogP contribution in [0.3, 0.4) is 0 Å². The minimum atomic E-state index is -0.0912. The molecule has 0 spiro atoms. The smallest absolute Gasteiger partial charge is 0.315 e. The second-order valence-corrected chi connectivity index (χ2v) is 6.82. The minimum Gasteiger partial charge on any atom is -0.468 e. The third-order valence-corrected chi connectivity index (χ3v) is 5.88. The van der Waals surface area contributed by atoms with Gasteiger partial charge in [-0.25, -0.2) is 0 Å². The van der Waals surface area contributed by atoms with Crippen molar-refractivity contribution in [2.75, 3.05) is 18.6 Å². The molecule has 3 aliphatic rings. The zero-order chi connectivity index (χ0) is 11.8. The summed E-state index contributed by atoms with van der Waals surface area (Å²) in [4.78, 5) is 11.0. The van der Waals surface area contributed by atoms with Gasteiger partial charge in [0.25, 0.3) is 0 Å². The lowest BCUT2D eigenvalue weighted by Gasteiger charge is -2.60. The zero-order valence-corrected chi connectivity index (χ0v) is 11.3. The Hall–Kier alpha value is -0.180. The molecule has 0 aromatic rings. The fourth-order valence-corrected chi connectivity index (χ4v) is 4.62. The maximum Gasteiger partial charge on any atom is 0.315 e. The molecule has 3 heteroatoms. The van der Waals surface area contributed by atoms with Gasteiger partial charge < -0.3 is 4.74 Å². The maximum atomic E-state index is 11.0. The van der Waals surface area contributed by atoms with Crippen LogP contribution in [0.1, 0.15) is 33.1 Å². The van der Waals surface area contributed by atoms with Gasteiger partial charge in [-0.15, -0.1) is 11.8 Å². The number of hydrogen-bond acceptors (Lipinski definition) is 3. The molecule has 0 N–H and O–H groups in total. The molecule has 0 heterocycles. The predicted octanol–water partition coefficient (Wildman–Crippen LogP) is 2.96. The standard InChI is InChI=1S/C13H22O2S/c1-13(2)10-5-4-9(11(13)6-10)7-16-8-12(14)15-3/h9-11H,4-8H2,1-3H3/t9-,10-,11-/m0/s1. The van der Waals surface area contributed by atoms with Crippen LogP contribution in [0.4, 0.5) is 0 Å². The van der Waals surface area contributed by atoms with Gasteiger partial charge >= 0.3 is 5.97 Å². The van der Waals surface area contributed by atoms with E-state index < -0.39 is 0 Å². The first-order valence-corrected chi connectivity index (χ1v) is 7.35. The summed E-state index contributed by atoms with van der Waals surface area (Å²) in [6, 6.07) is 0. The van der Waals surface area contributed by atoms with Crippen LogP contribution in [0.15, 0.2) is 0 Å². The summed E-state index contributed by atoms with van der Waals surface area (Å²) in [5.41, 5.74) is 0.564. The molecule has 0 aliphatic heterocycles. The Bertz CT molecular complexity index is 273. The van der Waals surface area contributed by atoms with E-state index in [1.54, 1.807) is 11.8 Å². The van der Waals surface area contributed by atoms with Gasteiger partial charge in [-0.1, -0.05) is 13.8 Å². The van der Waals surface area contributed by atoms with Crippen LogP contribution in [0.5, 0.6) is 0 Å². The topological polar surface area (TPSA) is 26.3 Å². The summed E-state index contributed by atoms with van der Waals surface area (Å²) >= 11 is 1.75. The molecule has 0 amide bonds. The van der Waals surface area contributed by atoms with Gasteiger partial charge in [-0.3, -0.25) is 4.79 Å². The number of ether oxygens (including phenoxy) is 1. The highest BCUT2D eigenvalue weighted by Gasteiger charge is 2.53. The highest BCUT2D eigenvalue weighted by atomic mass is 32.2. The van der Waals surface area contributed by atoms with E-state index in [0.717, 1.165) is 23.5 Å². The summed E-state index contributed by atoms with van der Waals surface area (Å²) in [7, 11) is 1.46. The van der Waals surface area contributed by atoms with E-state index in [1.165, 1.54) is 26.4 Å². The Labute approximate surface area is 103 Å². The number of rotatable bonds is 4. The third kappa shape index (κ3) is 2.11. The van der Waals surface area contributed by atoms with E-state index in [-0.39, 0.29) is 5.97 Å². The van der Waals surface area contributed by atoms with Crippen LogP contribution >= 0.6 is 11.8 Å². The SMILES string of the molecule is COC(=O)CSC[C@@H]1CC[C@H]2C[C@@H]1C2(C)C. The Morgan fingerprint density at radius 3 is 2.75 bits per heavy atom. The molecule has 3 aliphatic carbocycles. The summed E-state index contributed by atoms with van der Waals surface area (Å²) in [5, 5.41) is 0. The number of esters is 1. The van der Waals surface area contributed by atoms with Gasteiger partial charge in [0, 0.05) is 0 Å². The monoisotopic (exact) mass is 242 g/mol. The normalized spacial score (nSPS) is 35.3. The molecule has 2 bridgehead atoms. The van der Waals surface area contributed by atoms with Gasteiger partial charge in [-0.2, -0.15) is 0 Å². The van der Waals surface area contributed by atoms with E-state index in [2.05, 4.69) is 18.6 Å². The van der Waals surface area contributed by atoms with Gasteiger partial charge in [0.2, 0.25) is 0 Å². The second kappa shape index (κ2) is 4.59. The van der Waals surface area contributed by atoms with Crippen LogP contribution in [0.2, 0.25) is 0 Å². The molecule has 3 atom stereocenters. The Morgan fingerprint density at radius 2 is 2.19 bits per heavy atom. The number of carbonyl (C=O) groups excluding carboxylic acids is 1. The Morgan fingerprint density at radius 1 is 1.44 bits per heavy atom. The fraction of sp³-hybridized carbons (Fsp3) is 0.923. The summed E-state index contributed by atoms with van der Waals surface area (Å²) in [5.74, 6) is 4.26. The molecule has 3 rings (SSSR count). The van der Waals surface area contributed by atoms with Crippen molar-refractivity contribution < 1.29 is 9.53 Å². The quantitative estimate of drug-likeness (QED) is 0.709. The molecule has 0 aromatic heterocycles. The van der Waals surface area contributed by atoms with E-state index >= 15 is 0 Å². The number of methoxy groups -OCH3 is 1. The molecular weight excluding hydrogens is 220 g/mol. The lowest BCUT2D eigenvalue weighted by Crippen LogP contribution is -2.52. The first-order chi connectivity index (χ1) is 7.55. The van der Waals surface area contributed by atoms with Crippen molar-refractivity contribution in [2.45, 2.75) is 33.1 Å². The predicted molar refractivity (Wildman–Crippen MR) is 67.4 cm³/mol. The van der Waals surface area contributed by atoms with Crippen LogP contribution < -0.4 is 0 Å². The van der Waals surface area contributed by atoms with E-state index in [0.29, 0.717) is 11.2 Å². The molecular formula is C13H22O2S. The molecule has 0 unspecified atom stereocenters. The number of thioether (sulfide) groups is 1. The lowest BCUT2D eigenvalue weighted by atomic mass is 9.46. The van der Waals surface area contributed by atoms with Crippen LogP contribution in [0, 0.1) is 23.2 Å².